The van der Waals surface area contributed by atoms with Crippen molar-refractivity contribution in [2.45, 2.75) is 189 Å². The maximum atomic E-state index is 13.7. The van der Waals surface area contributed by atoms with Crippen LogP contribution in [0.3, 0.4) is 0 Å². The summed E-state index contributed by atoms with van der Waals surface area (Å²) in [4.78, 5) is 65.6. The molecule has 0 aromatic carbocycles. The number of amides is 5. The van der Waals surface area contributed by atoms with Gasteiger partial charge in [0.05, 0.1) is 0 Å². The summed E-state index contributed by atoms with van der Waals surface area (Å²) in [6.45, 7) is 16.3. The van der Waals surface area contributed by atoms with Gasteiger partial charge in [0.2, 0.25) is 29.5 Å². The van der Waals surface area contributed by atoms with Crippen molar-refractivity contribution in [3.8, 4) is 0 Å². The van der Waals surface area contributed by atoms with E-state index >= 15 is 0 Å². The van der Waals surface area contributed by atoms with Crippen LogP contribution in [-0.4, -0.2) is 61.3 Å². The SMILES string of the molecule is CC/C=C/CCCCCCCC(=O)NC(C(C)CC(C)C(=O)NC(CCC(=O)NCCCC)C(=O)NCCCC)C(CC(C)CC(=O)NCCCC)C1=CC1. The van der Waals surface area contributed by atoms with Crippen molar-refractivity contribution in [3.05, 3.63) is 23.8 Å². The van der Waals surface area contributed by atoms with Crippen LogP contribution in [0.5, 0.6) is 0 Å². The van der Waals surface area contributed by atoms with Gasteiger partial charge in [-0.05, 0) is 82.5 Å². The highest BCUT2D eigenvalue weighted by Gasteiger charge is 2.36. The molecular formula is C45H81N5O5. The van der Waals surface area contributed by atoms with E-state index in [-0.39, 0.29) is 66.2 Å². The Morgan fingerprint density at radius 2 is 1.25 bits per heavy atom. The Morgan fingerprint density at radius 1 is 0.655 bits per heavy atom. The summed E-state index contributed by atoms with van der Waals surface area (Å²) >= 11 is 0. The molecule has 0 aliphatic heterocycles. The topological polar surface area (TPSA) is 146 Å². The first-order chi connectivity index (χ1) is 26.5. The van der Waals surface area contributed by atoms with E-state index in [0.29, 0.717) is 38.9 Å². The van der Waals surface area contributed by atoms with Gasteiger partial charge < -0.3 is 26.6 Å². The van der Waals surface area contributed by atoms with E-state index < -0.39 is 12.0 Å². The van der Waals surface area contributed by atoms with Crippen LogP contribution in [0.1, 0.15) is 177 Å². The van der Waals surface area contributed by atoms with Gasteiger partial charge in [0.1, 0.15) is 6.04 Å². The fraction of sp³-hybridized carbons (Fsp3) is 0.800. The molecule has 5 amide bonds. The minimum Gasteiger partial charge on any atom is -0.356 e. The summed E-state index contributed by atoms with van der Waals surface area (Å²) in [5, 5.41) is 15.3. The lowest BCUT2D eigenvalue weighted by Gasteiger charge is -2.35. The van der Waals surface area contributed by atoms with E-state index in [0.717, 1.165) is 83.5 Å². The molecule has 0 saturated heterocycles. The van der Waals surface area contributed by atoms with Crippen LogP contribution < -0.4 is 26.6 Å². The zero-order valence-electron chi connectivity index (χ0n) is 36.0. The lowest BCUT2D eigenvalue weighted by Crippen LogP contribution is -2.50. The number of nitrogens with one attached hydrogen (secondary N) is 5. The van der Waals surface area contributed by atoms with Gasteiger partial charge in [-0.15, -0.1) is 0 Å². The highest BCUT2D eigenvalue weighted by Crippen LogP contribution is 2.39. The zero-order valence-corrected chi connectivity index (χ0v) is 36.0. The molecule has 5 N–H and O–H groups in total. The fourth-order valence-corrected chi connectivity index (χ4v) is 7.13. The van der Waals surface area contributed by atoms with Crippen molar-refractivity contribution in [2.24, 2.45) is 23.7 Å². The van der Waals surface area contributed by atoms with Crippen molar-refractivity contribution >= 4 is 29.5 Å². The van der Waals surface area contributed by atoms with E-state index in [4.69, 9.17) is 0 Å². The predicted molar refractivity (Wildman–Crippen MR) is 226 cm³/mol. The number of allylic oxidation sites excluding steroid dienone is 3. The quantitative estimate of drug-likeness (QED) is 0.0331. The molecule has 0 fully saturated rings. The zero-order chi connectivity index (χ0) is 40.8. The molecule has 0 aromatic heterocycles. The van der Waals surface area contributed by atoms with Crippen molar-refractivity contribution in [1.82, 2.24) is 26.6 Å². The molecule has 1 aliphatic carbocycles. The van der Waals surface area contributed by atoms with Crippen LogP contribution in [0.2, 0.25) is 0 Å². The van der Waals surface area contributed by atoms with Crippen LogP contribution in [0, 0.1) is 23.7 Å². The van der Waals surface area contributed by atoms with Crippen LogP contribution >= 0.6 is 0 Å². The molecule has 0 radical (unpaired) electrons. The van der Waals surface area contributed by atoms with E-state index in [1.54, 1.807) is 0 Å². The predicted octanol–water partition coefficient (Wildman–Crippen LogP) is 8.21. The molecule has 10 nitrogen and oxygen atoms in total. The maximum Gasteiger partial charge on any atom is 0.242 e. The number of rotatable bonds is 34. The standard InChI is InChI=1S/C45H81N5O5/c1-8-12-16-17-18-19-20-21-22-23-41(52)50-43(38(37-24-25-37)31-34(5)32-42(53)47-29-14-10-3)35(6)33-36(7)44(54)49-39(45(55)48-30-15-11-4)26-27-40(51)46-28-13-9-2/h12,16,24,34-36,38-39,43H,8-11,13-15,17-23,25-33H2,1-7H3,(H,46,51)(H,47,53)(H,48,55)(H,49,54)(H,50,52)/b16-12+. The van der Waals surface area contributed by atoms with E-state index in [1.165, 1.54) is 18.4 Å². The normalized spacial score (nSPS) is 15.6. The average molecular weight is 772 g/mol. The molecule has 10 heteroatoms. The summed E-state index contributed by atoms with van der Waals surface area (Å²) in [6.07, 6.45) is 23.3. The maximum absolute atomic E-state index is 13.7. The Kier molecular flexibility index (Phi) is 28.1. The summed E-state index contributed by atoms with van der Waals surface area (Å²) in [7, 11) is 0. The number of hydrogen-bond acceptors (Lipinski definition) is 5. The second-order valence-corrected chi connectivity index (χ2v) is 16.2. The molecule has 0 spiro atoms. The minimum atomic E-state index is -0.809. The van der Waals surface area contributed by atoms with Crippen LogP contribution in [-0.2, 0) is 24.0 Å². The molecule has 0 heterocycles. The first-order valence-corrected chi connectivity index (χ1v) is 22.2. The lowest BCUT2D eigenvalue weighted by atomic mass is 9.77. The summed E-state index contributed by atoms with van der Waals surface area (Å²) in [6, 6.07) is -0.997. The van der Waals surface area contributed by atoms with Crippen molar-refractivity contribution in [3.63, 3.8) is 0 Å². The highest BCUT2D eigenvalue weighted by molar-refractivity contribution is 5.89. The molecule has 55 heavy (non-hydrogen) atoms. The molecule has 0 saturated carbocycles. The molecule has 1 rings (SSSR count). The summed E-state index contributed by atoms with van der Waals surface area (Å²) < 4.78 is 0. The molecule has 6 unspecified atom stereocenters. The third-order valence-corrected chi connectivity index (χ3v) is 10.7. The molecule has 316 valence electrons. The fourth-order valence-electron chi connectivity index (χ4n) is 7.13. The van der Waals surface area contributed by atoms with E-state index in [1.807, 2.05) is 6.92 Å². The number of unbranched alkanes of at least 4 members (excludes halogenated alkanes) is 8. The molecule has 0 bridgehead atoms. The molecular weight excluding hydrogens is 691 g/mol. The monoisotopic (exact) mass is 772 g/mol. The van der Waals surface area contributed by atoms with Gasteiger partial charge in [-0.25, -0.2) is 0 Å². The van der Waals surface area contributed by atoms with Crippen LogP contribution in [0.15, 0.2) is 23.8 Å². The van der Waals surface area contributed by atoms with Gasteiger partial charge in [-0.3, -0.25) is 24.0 Å². The van der Waals surface area contributed by atoms with Gasteiger partial charge in [0.25, 0.3) is 0 Å². The van der Waals surface area contributed by atoms with Crippen LogP contribution in [0.4, 0.5) is 0 Å². The van der Waals surface area contributed by atoms with Crippen molar-refractivity contribution in [2.75, 3.05) is 19.6 Å². The minimum absolute atomic E-state index is 0.0390. The number of hydrogen-bond donors (Lipinski definition) is 5. The summed E-state index contributed by atoms with van der Waals surface area (Å²) in [5.41, 5.74) is 1.31. The molecule has 1 aliphatic rings. The van der Waals surface area contributed by atoms with Crippen molar-refractivity contribution < 1.29 is 24.0 Å². The first kappa shape index (κ1) is 49.8. The Morgan fingerprint density at radius 3 is 1.87 bits per heavy atom. The van der Waals surface area contributed by atoms with E-state index in [2.05, 4.69) is 86.4 Å². The Balaban J connectivity index is 3.03. The highest BCUT2D eigenvalue weighted by atomic mass is 16.2. The first-order valence-electron chi connectivity index (χ1n) is 22.2. The van der Waals surface area contributed by atoms with Crippen molar-refractivity contribution in [1.29, 1.82) is 0 Å². The van der Waals surface area contributed by atoms with Gasteiger partial charge in [0.15, 0.2) is 0 Å². The second kappa shape index (κ2) is 31.0. The lowest BCUT2D eigenvalue weighted by molar-refractivity contribution is -0.132. The third kappa shape index (κ3) is 24.2. The van der Waals surface area contributed by atoms with Gasteiger partial charge in [0, 0.05) is 56.8 Å². The molecule has 0 aromatic rings. The average Bonchev–Trinajstić information content (AvgIpc) is 4.00. The van der Waals surface area contributed by atoms with Crippen LogP contribution in [0.25, 0.3) is 0 Å². The number of carbonyl (C=O) groups excluding carboxylic acids is 5. The smallest absolute Gasteiger partial charge is 0.242 e. The van der Waals surface area contributed by atoms with E-state index in [9.17, 15) is 24.0 Å². The Hall–Kier alpha value is -3.17. The van der Waals surface area contributed by atoms with Gasteiger partial charge in [-0.2, -0.15) is 0 Å². The Labute approximate surface area is 335 Å². The largest absolute Gasteiger partial charge is 0.356 e. The Bertz CT molecular complexity index is 1170. The number of carbonyl (C=O) groups is 5. The van der Waals surface area contributed by atoms with Gasteiger partial charge in [-0.1, -0.05) is 111 Å². The molecule has 6 atom stereocenters. The third-order valence-electron chi connectivity index (χ3n) is 10.7. The van der Waals surface area contributed by atoms with Gasteiger partial charge >= 0.3 is 0 Å². The second-order valence-electron chi connectivity index (χ2n) is 16.2. The summed E-state index contributed by atoms with van der Waals surface area (Å²) in [5.74, 6) is -0.791.